The summed E-state index contributed by atoms with van der Waals surface area (Å²) in [7, 11) is 2.21. The average Bonchev–Trinajstić information content (AvgIpc) is 2.82. The Balaban J connectivity index is 1.54. The van der Waals surface area contributed by atoms with Gasteiger partial charge in [-0.05, 0) is 44.9 Å². The maximum Gasteiger partial charge on any atom is 0.0506 e. The molecule has 1 fully saturated rings. The molecule has 1 atom stereocenters. The summed E-state index contributed by atoms with van der Waals surface area (Å²) >= 11 is 1.88. The van der Waals surface area contributed by atoms with Gasteiger partial charge in [0, 0.05) is 42.5 Å². The smallest absolute Gasteiger partial charge is 0.0506 e. The summed E-state index contributed by atoms with van der Waals surface area (Å²) in [4.78, 5) is 5.25. The predicted molar refractivity (Wildman–Crippen MR) is 81.8 cm³/mol. The van der Waals surface area contributed by atoms with Crippen molar-refractivity contribution in [2.24, 2.45) is 5.92 Å². The number of nitrogens with one attached hydrogen (secondary N) is 1. The van der Waals surface area contributed by atoms with E-state index in [1.807, 2.05) is 11.3 Å². The Morgan fingerprint density at radius 1 is 1.47 bits per heavy atom. The molecule has 0 amide bonds. The van der Waals surface area contributed by atoms with Gasteiger partial charge in [-0.2, -0.15) is 0 Å². The molecule has 2 heterocycles. The molecule has 4 heteroatoms. The zero-order chi connectivity index (χ0) is 13.5. The van der Waals surface area contributed by atoms with Gasteiger partial charge in [-0.25, -0.2) is 0 Å². The highest BCUT2D eigenvalue weighted by molar-refractivity contribution is 7.11. The van der Waals surface area contributed by atoms with Crippen molar-refractivity contribution in [1.29, 1.82) is 0 Å². The van der Waals surface area contributed by atoms with E-state index < -0.39 is 0 Å². The second-order valence-corrected chi connectivity index (χ2v) is 6.91. The van der Waals surface area contributed by atoms with Crippen LogP contribution in [0.4, 0.5) is 0 Å². The standard InChI is InChI=1S/C15H26N2OS/c1-13-5-6-15(19-13)10-16-7-8-17(2)11-14-4-3-9-18-12-14/h5-6,14,16H,3-4,7-12H2,1-2H3. The Morgan fingerprint density at radius 3 is 3.05 bits per heavy atom. The highest BCUT2D eigenvalue weighted by Gasteiger charge is 2.15. The molecule has 1 aromatic rings. The maximum atomic E-state index is 5.53. The number of ether oxygens (including phenoxy) is 1. The van der Waals surface area contributed by atoms with Crippen LogP contribution in [0.25, 0.3) is 0 Å². The summed E-state index contributed by atoms with van der Waals surface area (Å²) in [6, 6.07) is 4.41. The minimum atomic E-state index is 0.735. The van der Waals surface area contributed by atoms with Gasteiger partial charge in [0.15, 0.2) is 0 Å². The number of hydrogen-bond donors (Lipinski definition) is 1. The maximum absolute atomic E-state index is 5.53. The summed E-state index contributed by atoms with van der Waals surface area (Å²) in [5.41, 5.74) is 0. The van der Waals surface area contributed by atoms with E-state index in [0.29, 0.717) is 0 Å². The number of nitrogens with zero attached hydrogens (tertiary/aromatic N) is 1. The van der Waals surface area contributed by atoms with E-state index in [9.17, 15) is 0 Å². The van der Waals surface area contributed by atoms with Crippen molar-refractivity contribution < 1.29 is 4.74 Å². The molecule has 0 bridgehead atoms. The molecule has 1 aliphatic rings. The van der Waals surface area contributed by atoms with Crippen LogP contribution in [0.3, 0.4) is 0 Å². The third-order valence-corrected chi connectivity index (χ3v) is 4.59. The molecule has 19 heavy (non-hydrogen) atoms. The number of thiophene rings is 1. The van der Waals surface area contributed by atoms with Crippen molar-refractivity contribution >= 4 is 11.3 Å². The zero-order valence-electron chi connectivity index (χ0n) is 12.2. The first kappa shape index (κ1) is 15.0. The molecule has 1 saturated heterocycles. The van der Waals surface area contributed by atoms with E-state index in [2.05, 4.69) is 36.3 Å². The second kappa shape index (κ2) is 8.00. The van der Waals surface area contributed by atoms with Gasteiger partial charge in [0.1, 0.15) is 0 Å². The van der Waals surface area contributed by atoms with Crippen LogP contribution in [0.1, 0.15) is 22.6 Å². The van der Waals surface area contributed by atoms with Gasteiger partial charge in [-0.3, -0.25) is 0 Å². The average molecular weight is 282 g/mol. The van der Waals surface area contributed by atoms with Gasteiger partial charge >= 0.3 is 0 Å². The fraction of sp³-hybridized carbons (Fsp3) is 0.733. The number of aryl methyl sites for hydroxylation is 1. The van der Waals surface area contributed by atoms with Crippen molar-refractivity contribution in [3.8, 4) is 0 Å². The quantitative estimate of drug-likeness (QED) is 0.778. The van der Waals surface area contributed by atoms with Crippen molar-refractivity contribution in [2.75, 3.05) is 39.9 Å². The highest BCUT2D eigenvalue weighted by Crippen LogP contribution is 2.15. The van der Waals surface area contributed by atoms with Gasteiger partial charge in [0.25, 0.3) is 0 Å². The van der Waals surface area contributed by atoms with Gasteiger partial charge in [-0.1, -0.05) is 0 Å². The van der Waals surface area contributed by atoms with Crippen LogP contribution < -0.4 is 5.32 Å². The lowest BCUT2D eigenvalue weighted by molar-refractivity contribution is 0.0422. The summed E-state index contributed by atoms with van der Waals surface area (Å²) in [5.74, 6) is 0.735. The number of hydrogen-bond acceptors (Lipinski definition) is 4. The molecule has 0 radical (unpaired) electrons. The fourth-order valence-corrected chi connectivity index (χ4v) is 3.41. The molecule has 108 valence electrons. The molecule has 3 nitrogen and oxygen atoms in total. The van der Waals surface area contributed by atoms with Crippen LogP contribution in [-0.2, 0) is 11.3 Å². The summed E-state index contributed by atoms with van der Waals surface area (Å²) in [5, 5.41) is 3.52. The van der Waals surface area contributed by atoms with Crippen LogP contribution >= 0.6 is 11.3 Å². The molecule has 1 aromatic heterocycles. The van der Waals surface area contributed by atoms with Gasteiger partial charge in [0.05, 0.1) is 6.61 Å². The van der Waals surface area contributed by atoms with E-state index >= 15 is 0 Å². The number of rotatable bonds is 7. The molecule has 0 saturated carbocycles. The molecular formula is C15H26N2OS. The zero-order valence-corrected chi connectivity index (χ0v) is 13.0. The monoisotopic (exact) mass is 282 g/mol. The first-order chi connectivity index (χ1) is 9.24. The van der Waals surface area contributed by atoms with Gasteiger partial charge in [-0.15, -0.1) is 11.3 Å². The molecule has 0 spiro atoms. The predicted octanol–water partition coefficient (Wildman–Crippen LogP) is 2.50. The minimum absolute atomic E-state index is 0.735. The lowest BCUT2D eigenvalue weighted by Crippen LogP contribution is -2.35. The summed E-state index contributed by atoms with van der Waals surface area (Å²) in [6.07, 6.45) is 2.56. The van der Waals surface area contributed by atoms with Crippen LogP contribution in [-0.4, -0.2) is 44.8 Å². The number of likely N-dealkylation sites (N-methyl/N-ethyl adjacent to an activating group) is 1. The Kier molecular flexibility index (Phi) is 6.31. The lowest BCUT2D eigenvalue weighted by atomic mass is 10.0. The van der Waals surface area contributed by atoms with E-state index in [1.165, 1.54) is 29.1 Å². The van der Waals surface area contributed by atoms with Crippen molar-refractivity contribution in [2.45, 2.75) is 26.3 Å². The Bertz CT molecular complexity index is 361. The topological polar surface area (TPSA) is 24.5 Å². The first-order valence-corrected chi connectivity index (χ1v) is 8.08. The third kappa shape index (κ3) is 5.61. The SMILES string of the molecule is Cc1ccc(CNCCN(C)CC2CCCOC2)s1. The minimum Gasteiger partial charge on any atom is -0.381 e. The fourth-order valence-electron chi connectivity index (χ4n) is 2.55. The van der Waals surface area contributed by atoms with Crippen LogP contribution in [0, 0.1) is 12.8 Å². The van der Waals surface area contributed by atoms with E-state index in [1.54, 1.807) is 0 Å². The molecule has 0 aliphatic carbocycles. The van der Waals surface area contributed by atoms with Crippen molar-refractivity contribution in [1.82, 2.24) is 10.2 Å². The molecule has 2 rings (SSSR count). The van der Waals surface area contributed by atoms with Crippen LogP contribution in [0.2, 0.25) is 0 Å². The Labute approximate surface area is 121 Å². The van der Waals surface area contributed by atoms with Gasteiger partial charge in [0.2, 0.25) is 0 Å². The van der Waals surface area contributed by atoms with Crippen LogP contribution in [0.15, 0.2) is 12.1 Å². The molecule has 1 aliphatic heterocycles. The van der Waals surface area contributed by atoms with Crippen molar-refractivity contribution in [3.05, 3.63) is 21.9 Å². The second-order valence-electron chi connectivity index (χ2n) is 5.53. The highest BCUT2D eigenvalue weighted by atomic mass is 32.1. The van der Waals surface area contributed by atoms with E-state index in [4.69, 9.17) is 4.74 Å². The van der Waals surface area contributed by atoms with E-state index in [-0.39, 0.29) is 0 Å². The molecular weight excluding hydrogens is 256 g/mol. The Morgan fingerprint density at radius 2 is 2.37 bits per heavy atom. The third-order valence-electron chi connectivity index (χ3n) is 3.59. The summed E-state index contributed by atoms with van der Waals surface area (Å²) in [6.45, 7) is 8.41. The Hall–Kier alpha value is -0.420. The van der Waals surface area contributed by atoms with E-state index in [0.717, 1.165) is 38.8 Å². The molecule has 0 aromatic carbocycles. The van der Waals surface area contributed by atoms with Gasteiger partial charge < -0.3 is 15.0 Å². The normalized spacial score (nSPS) is 20.1. The lowest BCUT2D eigenvalue weighted by Gasteiger charge is -2.27. The summed E-state index contributed by atoms with van der Waals surface area (Å²) < 4.78 is 5.53. The largest absolute Gasteiger partial charge is 0.381 e. The van der Waals surface area contributed by atoms with Crippen molar-refractivity contribution in [3.63, 3.8) is 0 Å². The molecule has 1 unspecified atom stereocenters. The van der Waals surface area contributed by atoms with Crippen LogP contribution in [0.5, 0.6) is 0 Å². The first-order valence-electron chi connectivity index (χ1n) is 7.26. The molecule has 1 N–H and O–H groups in total.